The number of nitrogen functional groups attached to an aromatic ring is 1. The van der Waals surface area contributed by atoms with Gasteiger partial charge in [0.15, 0.2) is 11.6 Å². The normalized spacial score (nSPS) is 10.8. The highest BCUT2D eigenvalue weighted by Crippen LogP contribution is 2.31. The Kier molecular flexibility index (Phi) is 5.02. The van der Waals surface area contributed by atoms with Crippen LogP contribution in [0.2, 0.25) is 0 Å². The monoisotopic (exact) mass is 402 g/mol. The van der Waals surface area contributed by atoms with Gasteiger partial charge in [-0.1, -0.05) is 18.2 Å². The summed E-state index contributed by atoms with van der Waals surface area (Å²) in [5, 5.41) is 3.62. The van der Waals surface area contributed by atoms with Crippen molar-refractivity contribution in [3.8, 4) is 11.6 Å². The molecule has 0 atom stereocenters. The number of rotatable bonds is 4. The molecular formula is C23H19FN4O2. The zero-order valence-electron chi connectivity index (χ0n) is 16.4. The summed E-state index contributed by atoms with van der Waals surface area (Å²) < 4.78 is 20.6. The van der Waals surface area contributed by atoms with Gasteiger partial charge in [0, 0.05) is 28.9 Å². The minimum atomic E-state index is -0.592. The van der Waals surface area contributed by atoms with Gasteiger partial charge in [-0.05, 0) is 60.7 Å². The van der Waals surface area contributed by atoms with E-state index >= 15 is 4.39 Å². The Labute approximate surface area is 172 Å². The maximum Gasteiger partial charge on any atom is 0.256 e. The molecule has 0 bridgehead atoms. The molecule has 30 heavy (non-hydrogen) atoms. The molecule has 0 aliphatic heterocycles. The average Bonchev–Trinajstić information content (AvgIpc) is 2.72. The number of nitrogens with one attached hydrogen (secondary N) is 1. The standard InChI is InChI=1S/C23H19FN4O2/c1-13-6-7-15(12-14(13)2)27-22(29)18-5-3-4-17-16(18)8-9-19(21(17)24)30-20-10-11-26-23(25)28-20/h3-12H,1-2H3,(H,27,29)(H2,25,26,28). The fourth-order valence-electron chi connectivity index (χ4n) is 3.12. The molecule has 0 unspecified atom stereocenters. The SMILES string of the molecule is Cc1ccc(NC(=O)c2cccc3c(F)c(Oc4ccnc(N)n4)ccc23)cc1C. The lowest BCUT2D eigenvalue weighted by atomic mass is 10.0. The van der Waals surface area contributed by atoms with Gasteiger partial charge in [0.1, 0.15) is 0 Å². The minimum absolute atomic E-state index is 0.0210. The van der Waals surface area contributed by atoms with Crippen molar-refractivity contribution >= 4 is 28.3 Å². The molecule has 1 amide bonds. The van der Waals surface area contributed by atoms with Crippen molar-refractivity contribution in [3.05, 3.63) is 83.3 Å². The third-order valence-corrected chi connectivity index (χ3v) is 4.83. The molecule has 6 nitrogen and oxygen atoms in total. The number of carbonyl (C=O) groups excluding carboxylic acids is 1. The van der Waals surface area contributed by atoms with Crippen LogP contribution in [0.15, 0.2) is 60.8 Å². The largest absolute Gasteiger partial charge is 0.436 e. The lowest BCUT2D eigenvalue weighted by Crippen LogP contribution is -2.12. The number of nitrogens with zero attached hydrogens (tertiary/aromatic N) is 2. The number of carbonyl (C=O) groups is 1. The Morgan fingerprint density at radius 3 is 2.63 bits per heavy atom. The summed E-state index contributed by atoms with van der Waals surface area (Å²) in [7, 11) is 0. The van der Waals surface area contributed by atoms with E-state index in [0.29, 0.717) is 16.6 Å². The number of hydrogen-bond donors (Lipinski definition) is 2. The topological polar surface area (TPSA) is 90.1 Å². The zero-order chi connectivity index (χ0) is 21.3. The molecule has 3 aromatic carbocycles. The van der Waals surface area contributed by atoms with E-state index in [-0.39, 0.29) is 28.9 Å². The molecule has 0 spiro atoms. The van der Waals surface area contributed by atoms with E-state index in [1.807, 2.05) is 32.0 Å². The maximum atomic E-state index is 15.1. The molecule has 0 saturated heterocycles. The van der Waals surface area contributed by atoms with Crippen LogP contribution in [0.4, 0.5) is 16.0 Å². The van der Waals surface area contributed by atoms with Gasteiger partial charge >= 0.3 is 0 Å². The van der Waals surface area contributed by atoms with E-state index < -0.39 is 5.82 Å². The van der Waals surface area contributed by atoms with Crippen molar-refractivity contribution in [1.82, 2.24) is 9.97 Å². The number of halogens is 1. The van der Waals surface area contributed by atoms with E-state index in [1.54, 1.807) is 24.3 Å². The third-order valence-electron chi connectivity index (χ3n) is 4.83. The molecule has 0 aliphatic carbocycles. The molecule has 0 radical (unpaired) electrons. The highest BCUT2D eigenvalue weighted by molar-refractivity contribution is 6.13. The first-order valence-electron chi connectivity index (χ1n) is 9.28. The number of hydrogen-bond acceptors (Lipinski definition) is 5. The van der Waals surface area contributed by atoms with E-state index in [9.17, 15) is 4.79 Å². The number of amides is 1. The number of nitrogens with two attached hydrogens (primary N) is 1. The van der Waals surface area contributed by atoms with Crippen LogP contribution in [0.25, 0.3) is 10.8 Å². The van der Waals surface area contributed by atoms with Crippen LogP contribution in [-0.4, -0.2) is 15.9 Å². The van der Waals surface area contributed by atoms with Crippen molar-refractivity contribution in [2.75, 3.05) is 11.1 Å². The van der Waals surface area contributed by atoms with E-state index in [0.717, 1.165) is 11.1 Å². The minimum Gasteiger partial charge on any atom is -0.436 e. The summed E-state index contributed by atoms with van der Waals surface area (Å²) in [6.07, 6.45) is 1.42. The molecule has 4 aromatic rings. The maximum absolute atomic E-state index is 15.1. The van der Waals surface area contributed by atoms with E-state index in [2.05, 4.69) is 15.3 Å². The van der Waals surface area contributed by atoms with Gasteiger partial charge in [0.2, 0.25) is 11.8 Å². The van der Waals surface area contributed by atoms with Crippen LogP contribution >= 0.6 is 0 Å². The van der Waals surface area contributed by atoms with Crippen molar-refractivity contribution in [1.29, 1.82) is 0 Å². The first-order valence-corrected chi connectivity index (χ1v) is 9.28. The summed E-state index contributed by atoms with van der Waals surface area (Å²) in [5.74, 6) is -0.776. The van der Waals surface area contributed by atoms with Crippen LogP contribution in [-0.2, 0) is 0 Å². The summed E-state index contributed by atoms with van der Waals surface area (Å²) in [4.78, 5) is 20.5. The summed E-state index contributed by atoms with van der Waals surface area (Å²) in [6, 6.07) is 15.2. The first kappa shape index (κ1) is 19.3. The molecule has 1 heterocycles. The molecule has 1 aromatic heterocycles. The summed E-state index contributed by atoms with van der Waals surface area (Å²) in [6.45, 7) is 3.98. The van der Waals surface area contributed by atoms with Crippen LogP contribution in [0, 0.1) is 19.7 Å². The number of anilines is 2. The average molecular weight is 402 g/mol. The van der Waals surface area contributed by atoms with Crippen LogP contribution in [0.3, 0.4) is 0 Å². The number of ether oxygens (including phenoxy) is 1. The Morgan fingerprint density at radius 1 is 1.03 bits per heavy atom. The Balaban J connectivity index is 1.67. The number of aromatic nitrogens is 2. The predicted octanol–water partition coefficient (Wildman–Crippen LogP) is 5.01. The Bertz CT molecular complexity index is 1270. The zero-order valence-corrected chi connectivity index (χ0v) is 16.4. The highest BCUT2D eigenvalue weighted by atomic mass is 19.1. The lowest BCUT2D eigenvalue weighted by Gasteiger charge is -2.12. The second-order valence-corrected chi connectivity index (χ2v) is 6.89. The van der Waals surface area contributed by atoms with Crippen molar-refractivity contribution in [2.24, 2.45) is 0 Å². The fraction of sp³-hybridized carbons (Fsp3) is 0.0870. The van der Waals surface area contributed by atoms with Gasteiger partial charge in [-0.15, -0.1) is 0 Å². The van der Waals surface area contributed by atoms with Crippen molar-refractivity contribution in [2.45, 2.75) is 13.8 Å². The van der Waals surface area contributed by atoms with E-state index in [4.69, 9.17) is 10.5 Å². The molecule has 4 rings (SSSR count). The summed E-state index contributed by atoms with van der Waals surface area (Å²) in [5.41, 5.74) is 8.79. The fourth-order valence-corrected chi connectivity index (χ4v) is 3.12. The molecule has 0 fully saturated rings. The first-order chi connectivity index (χ1) is 14.4. The quantitative estimate of drug-likeness (QED) is 0.501. The van der Waals surface area contributed by atoms with Gasteiger partial charge in [0.05, 0.1) is 0 Å². The Morgan fingerprint density at radius 2 is 1.87 bits per heavy atom. The third kappa shape index (κ3) is 3.77. The van der Waals surface area contributed by atoms with Crippen LogP contribution in [0.1, 0.15) is 21.5 Å². The van der Waals surface area contributed by atoms with Crippen LogP contribution in [0.5, 0.6) is 11.6 Å². The molecule has 3 N–H and O–H groups in total. The van der Waals surface area contributed by atoms with Crippen molar-refractivity contribution in [3.63, 3.8) is 0 Å². The van der Waals surface area contributed by atoms with Crippen molar-refractivity contribution < 1.29 is 13.9 Å². The van der Waals surface area contributed by atoms with Crippen LogP contribution < -0.4 is 15.8 Å². The number of fused-ring (bicyclic) bond motifs is 1. The van der Waals surface area contributed by atoms with E-state index in [1.165, 1.54) is 18.3 Å². The molecule has 0 aliphatic rings. The summed E-state index contributed by atoms with van der Waals surface area (Å²) >= 11 is 0. The number of benzene rings is 3. The Hall–Kier alpha value is -4.00. The highest BCUT2D eigenvalue weighted by Gasteiger charge is 2.16. The predicted molar refractivity (Wildman–Crippen MR) is 114 cm³/mol. The van der Waals surface area contributed by atoms with Gasteiger partial charge in [-0.2, -0.15) is 4.98 Å². The lowest BCUT2D eigenvalue weighted by molar-refractivity contribution is 0.102. The molecule has 0 saturated carbocycles. The molecule has 7 heteroatoms. The van der Waals surface area contributed by atoms with Gasteiger partial charge < -0.3 is 15.8 Å². The smallest absolute Gasteiger partial charge is 0.256 e. The molecular weight excluding hydrogens is 383 g/mol. The van der Waals surface area contributed by atoms with Gasteiger partial charge in [-0.25, -0.2) is 9.37 Å². The van der Waals surface area contributed by atoms with Gasteiger partial charge in [0.25, 0.3) is 5.91 Å². The molecule has 150 valence electrons. The number of aryl methyl sites for hydroxylation is 2. The second kappa shape index (κ2) is 7.79. The second-order valence-electron chi connectivity index (χ2n) is 6.89. The van der Waals surface area contributed by atoms with Gasteiger partial charge in [-0.3, -0.25) is 4.79 Å².